The number of carbonyl (C=O) groups is 1. The van der Waals surface area contributed by atoms with Crippen LogP contribution in [0.4, 0.5) is 4.39 Å². The molecule has 7 heteroatoms. The fraction of sp³-hybridized carbons (Fsp3) is 0.500. The Kier molecular flexibility index (Phi) is 8.56. The highest BCUT2D eigenvalue weighted by molar-refractivity contribution is 6.36. The van der Waals surface area contributed by atoms with E-state index >= 15 is 0 Å². The van der Waals surface area contributed by atoms with Gasteiger partial charge in [0.25, 0.3) is 0 Å². The normalized spacial score (nSPS) is 13.5. The molecule has 0 saturated heterocycles. The maximum Gasteiger partial charge on any atom is 0.237 e. The predicted octanol–water partition coefficient (Wildman–Crippen LogP) is 4.10. The van der Waals surface area contributed by atoms with E-state index in [4.69, 9.17) is 28.9 Å². The lowest BCUT2D eigenvalue weighted by Gasteiger charge is -2.20. The molecule has 120 valence electrons. The molecular weight excluding hydrogens is 338 g/mol. The van der Waals surface area contributed by atoms with Crippen LogP contribution in [0.3, 0.4) is 0 Å². The summed E-state index contributed by atoms with van der Waals surface area (Å²) in [6.45, 7) is 5.65. The summed E-state index contributed by atoms with van der Waals surface area (Å²) in [6, 6.07) is 1.47. The zero-order chi connectivity index (χ0) is 15.4. The molecule has 1 rings (SSSR count). The quantitative estimate of drug-likeness (QED) is 0.779. The van der Waals surface area contributed by atoms with E-state index in [0.29, 0.717) is 22.9 Å². The first kappa shape index (κ1) is 20.5. The van der Waals surface area contributed by atoms with Crippen molar-refractivity contribution in [3.8, 4) is 0 Å². The van der Waals surface area contributed by atoms with Crippen LogP contribution < -0.4 is 11.1 Å². The lowest BCUT2D eigenvalue weighted by atomic mass is 10.0. The average Bonchev–Trinajstić information content (AvgIpc) is 2.33. The number of halogens is 4. The minimum atomic E-state index is -0.608. The van der Waals surface area contributed by atoms with E-state index < -0.39 is 17.9 Å². The zero-order valence-corrected chi connectivity index (χ0v) is 14.4. The standard InChI is InChI=1S/C14H19Cl2FN2O.ClH/c1-7(2)6-11(18)14(20)19-8(3)12-9(15)4-5-10(17)13(12)16;/h4-5,7-8,11H,6,18H2,1-3H3,(H,19,20);1H/t8?,11-;/m0./s1. The smallest absolute Gasteiger partial charge is 0.237 e. The molecule has 0 fully saturated rings. The number of benzene rings is 1. The second-order valence-corrected chi connectivity index (χ2v) is 6.01. The van der Waals surface area contributed by atoms with Crippen LogP contribution in [-0.4, -0.2) is 11.9 Å². The van der Waals surface area contributed by atoms with E-state index in [2.05, 4.69) is 5.32 Å². The second-order valence-electron chi connectivity index (χ2n) is 5.22. The Balaban J connectivity index is 0.00000400. The summed E-state index contributed by atoms with van der Waals surface area (Å²) in [5.41, 5.74) is 6.16. The Bertz CT molecular complexity index is 497. The minimum Gasteiger partial charge on any atom is -0.348 e. The van der Waals surface area contributed by atoms with Gasteiger partial charge < -0.3 is 11.1 Å². The molecule has 0 spiro atoms. The van der Waals surface area contributed by atoms with Gasteiger partial charge >= 0.3 is 0 Å². The number of carbonyl (C=O) groups excluding carboxylic acids is 1. The van der Waals surface area contributed by atoms with E-state index in [1.807, 2.05) is 13.8 Å². The van der Waals surface area contributed by atoms with Gasteiger partial charge in [-0.1, -0.05) is 37.0 Å². The van der Waals surface area contributed by atoms with Gasteiger partial charge in [-0.25, -0.2) is 4.39 Å². The van der Waals surface area contributed by atoms with Crippen LogP contribution in [0.5, 0.6) is 0 Å². The average molecular weight is 358 g/mol. The maximum absolute atomic E-state index is 13.5. The van der Waals surface area contributed by atoms with Crippen molar-refractivity contribution in [3.05, 3.63) is 33.6 Å². The van der Waals surface area contributed by atoms with Crippen LogP contribution in [-0.2, 0) is 4.79 Å². The molecular formula is C14H20Cl3FN2O. The Labute approximate surface area is 140 Å². The van der Waals surface area contributed by atoms with Crippen molar-refractivity contribution >= 4 is 41.5 Å². The molecule has 1 aromatic carbocycles. The van der Waals surface area contributed by atoms with Gasteiger partial charge in [0.2, 0.25) is 5.91 Å². The number of nitrogens with one attached hydrogen (secondary N) is 1. The minimum absolute atomic E-state index is 0. The van der Waals surface area contributed by atoms with Gasteiger partial charge in [0.15, 0.2) is 0 Å². The van der Waals surface area contributed by atoms with Gasteiger partial charge in [0, 0.05) is 10.6 Å². The Hall–Kier alpha value is -0.550. The number of rotatable bonds is 5. The molecule has 1 unspecified atom stereocenters. The van der Waals surface area contributed by atoms with Crippen LogP contribution >= 0.6 is 35.6 Å². The molecule has 0 aliphatic heterocycles. The third-order valence-electron chi connectivity index (χ3n) is 2.93. The second kappa shape index (κ2) is 8.79. The van der Waals surface area contributed by atoms with Gasteiger partial charge in [-0.15, -0.1) is 12.4 Å². The molecule has 3 N–H and O–H groups in total. The molecule has 0 radical (unpaired) electrons. The number of nitrogens with two attached hydrogens (primary N) is 1. The van der Waals surface area contributed by atoms with Crippen LogP contribution in [0.25, 0.3) is 0 Å². The summed E-state index contributed by atoms with van der Waals surface area (Å²) in [6.07, 6.45) is 0.573. The molecule has 0 bridgehead atoms. The van der Waals surface area contributed by atoms with Crippen LogP contribution in [0.2, 0.25) is 10.0 Å². The molecule has 1 amide bonds. The first-order chi connectivity index (χ1) is 9.23. The topological polar surface area (TPSA) is 55.1 Å². The van der Waals surface area contributed by atoms with E-state index in [1.54, 1.807) is 6.92 Å². The summed E-state index contributed by atoms with van der Waals surface area (Å²) in [4.78, 5) is 12.0. The molecule has 3 nitrogen and oxygen atoms in total. The molecule has 1 aromatic rings. The van der Waals surface area contributed by atoms with Gasteiger partial charge in [0.05, 0.1) is 17.1 Å². The molecule has 21 heavy (non-hydrogen) atoms. The van der Waals surface area contributed by atoms with E-state index in [-0.39, 0.29) is 23.3 Å². The molecule has 0 heterocycles. The van der Waals surface area contributed by atoms with E-state index in [0.717, 1.165) is 0 Å². The fourth-order valence-corrected chi connectivity index (χ4v) is 2.65. The Morgan fingerprint density at radius 1 is 1.33 bits per heavy atom. The molecule has 0 saturated carbocycles. The van der Waals surface area contributed by atoms with Gasteiger partial charge in [-0.05, 0) is 31.4 Å². The molecule has 0 aliphatic rings. The van der Waals surface area contributed by atoms with Crippen molar-refractivity contribution in [1.29, 1.82) is 0 Å². The van der Waals surface area contributed by atoms with Crippen molar-refractivity contribution in [2.45, 2.75) is 39.3 Å². The SMILES string of the molecule is CC(C)C[C@H](N)C(=O)NC(C)c1c(Cl)ccc(F)c1Cl.Cl. The number of hydrogen-bond donors (Lipinski definition) is 2. The Morgan fingerprint density at radius 3 is 2.43 bits per heavy atom. The van der Waals surface area contributed by atoms with Crippen molar-refractivity contribution in [2.24, 2.45) is 11.7 Å². The molecule has 2 atom stereocenters. The summed E-state index contributed by atoms with van der Waals surface area (Å²) in [7, 11) is 0. The highest BCUT2D eigenvalue weighted by Crippen LogP contribution is 2.32. The van der Waals surface area contributed by atoms with Crippen LogP contribution in [0.1, 0.15) is 38.8 Å². The lowest BCUT2D eigenvalue weighted by Crippen LogP contribution is -2.42. The van der Waals surface area contributed by atoms with Crippen molar-refractivity contribution in [1.82, 2.24) is 5.32 Å². The molecule has 0 aromatic heterocycles. The van der Waals surface area contributed by atoms with Crippen molar-refractivity contribution < 1.29 is 9.18 Å². The van der Waals surface area contributed by atoms with E-state index in [1.165, 1.54) is 12.1 Å². The van der Waals surface area contributed by atoms with Crippen molar-refractivity contribution in [2.75, 3.05) is 0 Å². The first-order valence-corrected chi connectivity index (χ1v) is 7.19. The third kappa shape index (κ3) is 5.62. The lowest BCUT2D eigenvalue weighted by molar-refractivity contribution is -0.123. The van der Waals surface area contributed by atoms with E-state index in [9.17, 15) is 9.18 Å². The fourth-order valence-electron chi connectivity index (χ4n) is 1.95. The summed E-state index contributed by atoms with van der Waals surface area (Å²) >= 11 is 11.9. The van der Waals surface area contributed by atoms with Gasteiger partial charge in [0.1, 0.15) is 5.82 Å². The number of hydrogen-bond acceptors (Lipinski definition) is 2. The summed E-state index contributed by atoms with van der Waals surface area (Å²) in [5, 5.41) is 2.94. The highest BCUT2D eigenvalue weighted by atomic mass is 35.5. The summed E-state index contributed by atoms with van der Waals surface area (Å²) in [5.74, 6) is -0.561. The third-order valence-corrected chi connectivity index (χ3v) is 3.65. The summed E-state index contributed by atoms with van der Waals surface area (Å²) < 4.78 is 13.5. The number of amides is 1. The first-order valence-electron chi connectivity index (χ1n) is 6.43. The van der Waals surface area contributed by atoms with Gasteiger partial charge in [-0.3, -0.25) is 4.79 Å². The van der Waals surface area contributed by atoms with Gasteiger partial charge in [-0.2, -0.15) is 0 Å². The van der Waals surface area contributed by atoms with Crippen LogP contribution in [0, 0.1) is 11.7 Å². The molecule has 0 aliphatic carbocycles. The van der Waals surface area contributed by atoms with Crippen molar-refractivity contribution in [3.63, 3.8) is 0 Å². The largest absolute Gasteiger partial charge is 0.348 e. The zero-order valence-electron chi connectivity index (χ0n) is 12.1. The monoisotopic (exact) mass is 356 g/mol. The maximum atomic E-state index is 13.5. The predicted molar refractivity (Wildman–Crippen MR) is 87.7 cm³/mol. The Morgan fingerprint density at radius 2 is 1.90 bits per heavy atom. The highest BCUT2D eigenvalue weighted by Gasteiger charge is 2.21. The van der Waals surface area contributed by atoms with Crippen LogP contribution in [0.15, 0.2) is 12.1 Å².